The highest BCUT2D eigenvalue weighted by atomic mass is 32.2. The molecular weight excluding hydrogens is 233 g/mol. The van der Waals surface area contributed by atoms with Crippen LogP contribution in [-0.2, 0) is 11.1 Å². The summed E-state index contributed by atoms with van der Waals surface area (Å²) >= 11 is -2.23. The van der Waals surface area contributed by atoms with Crippen LogP contribution in [0, 0.1) is 5.82 Å². The molecule has 0 fully saturated rings. The lowest BCUT2D eigenvalue weighted by Gasteiger charge is -2.10. The lowest BCUT2D eigenvalue weighted by Crippen LogP contribution is -2.23. The summed E-state index contributed by atoms with van der Waals surface area (Å²) in [5.41, 5.74) is 0.515. The fourth-order valence-corrected chi connectivity index (χ4v) is 1.56. The van der Waals surface area contributed by atoms with E-state index >= 15 is 0 Å². The van der Waals surface area contributed by atoms with Gasteiger partial charge < -0.3 is 9.87 Å². The van der Waals surface area contributed by atoms with Gasteiger partial charge in [0.2, 0.25) is 0 Å². The fourth-order valence-electron chi connectivity index (χ4n) is 1.25. The minimum absolute atomic E-state index is 0.207. The number of carbonyl (C=O) groups excluding carboxylic acids is 1. The van der Waals surface area contributed by atoms with E-state index in [1.165, 1.54) is 19.1 Å². The van der Waals surface area contributed by atoms with Gasteiger partial charge in [-0.2, -0.15) is 0 Å². The van der Waals surface area contributed by atoms with Crippen molar-refractivity contribution >= 4 is 22.6 Å². The summed E-state index contributed by atoms with van der Waals surface area (Å²) < 4.78 is 32.5. The van der Waals surface area contributed by atoms with Crippen molar-refractivity contribution in [2.45, 2.75) is 12.2 Å². The topological polar surface area (TPSA) is 66.4 Å². The largest absolute Gasteiger partial charge is 0.387 e. The summed E-state index contributed by atoms with van der Waals surface area (Å²) in [5, 5.41) is 1.64. The molecule has 0 aliphatic heterocycles. The van der Waals surface area contributed by atoms with Gasteiger partial charge in [-0.15, -0.1) is 0 Å². The van der Waals surface area contributed by atoms with Crippen molar-refractivity contribution < 1.29 is 17.9 Å². The van der Waals surface area contributed by atoms with E-state index in [0.717, 1.165) is 6.07 Å². The Hall–Kier alpha value is -1.27. The maximum absolute atomic E-state index is 12.9. The molecule has 2 N–H and O–H groups in total. The standard InChI is InChI=1S/C10H12FNO3S/c1-6(16(14)15)10(13)8-4-3-7(11)5-9(8)12-2/h3-6,12H,1-2H3,(H,14,15). The smallest absolute Gasteiger partial charge is 0.182 e. The lowest BCUT2D eigenvalue weighted by molar-refractivity contribution is 0.0991. The highest BCUT2D eigenvalue weighted by Crippen LogP contribution is 2.19. The fraction of sp³-hybridized carbons (Fsp3) is 0.300. The third-order valence-electron chi connectivity index (χ3n) is 2.19. The zero-order valence-electron chi connectivity index (χ0n) is 8.86. The third-order valence-corrected chi connectivity index (χ3v) is 3.01. The van der Waals surface area contributed by atoms with Crippen LogP contribution in [0.3, 0.4) is 0 Å². The van der Waals surface area contributed by atoms with E-state index in [9.17, 15) is 13.4 Å². The van der Waals surface area contributed by atoms with Gasteiger partial charge in [0.05, 0.1) is 0 Å². The van der Waals surface area contributed by atoms with Crippen molar-refractivity contribution in [3.63, 3.8) is 0 Å². The predicted octanol–water partition coefficient (Wildman–Crippen LogP) is 1.66. The second-order valence-corrected chi connectivity index (χ2v) is 4.48. The van der Waals surface area contributed by atoms with Crippen LogP contribution in [0.4, 0.5) is 10.1 Å². The number of anilines is 1. The molecule has 0 spiro atoms. The van der Waals surface area contributed by atoms with Crippen LogP contribution in [0.15, 0.2) is 18.2 Å². The Kier molecular flexibility index (Phi) is 4.14. The number of halogens is 1. The van der Waals surface area contributed by atoms with E-state index < -0.39 is 27.9 Å². The molecule has 0 saturated heterocycles. The van der Waals surface area contributed by atoms with E-state index in [4.69, 9.17) is 4.55 Å². The molecule has 0 heterocycles. The summed E-state index contributed by atoms with van der Waals surface area (Å²) in [6, 6.07) is 3.61. The summed E-state index contributed by atoms with van der Waals surface area (Å²) in [7, 11) is 1.55. The summed E-state index contributed by atoms with van der Waals surface area (Å²) in [6.07, 6.45) is 0. The molecule has 88 valence electrons. The van der Waals surface area contributed by atoms with Crippen LogP contribution in [0.5, 0.6) is 0 Å². The van der Waals surface area contributed by atoms with Crippen molar-refractivity contribution in [3.8, 4) is 0 Å². The monoisotopic (exact) mass is 245 g/mol. The average Bonchev–Trinajstić information content (AvgIpc) is 2.26. The van der Waals surface area contributed by atoms with Crippen molar-refractivity contribution in [2.24, 2.45) is 0 Å². The second kappa shape index (κ2) is 5.18. The SMILES string of the molecule is CNc1cc(F)ccc1C(=O)C(C)S(=O)O. The first-order valence-electron chi connectivity index (χ1n) is 4.58. The van der Waals surface area contributed by atoms with Crippen LogP contribution in [0.2, 0.25) is 0 Å². The summed E-state index contributed by atoms with van der Waals surface area (Å²) in [4.78, 5) is 11.8. The van der Waals surface area contributed by atoms with E-state index in [-0.39, 0.29) is 5.56 Å². The maximum Gasteiger partial charge on any atom is 0.182 e. The first-order chi connectivity index (χ1) is 7.47. The molecule has 0 bridgehead atoms. The highest BCUT2D eigenvalue weighted by Gasteiger charge is 2.22. The number of hydrogen-bond acceptors (Lipinski definition) is 3. The molecule has 0 radical (unpaired) electrons. The quantitative estimate of drug-likeness (QED) is 0.625. The zero-order chi connectivity index (χ0) is 12.3. The van der Waals surface area contributed by atoms with Crippen LogP contribution < -0.4 is 5.32 Å². The normalized spacial score (nSPS) is 14.2. The number of nitrogens with one attached hydrogen (secondary N) is 1. The zero-order valence-corrected chi connectivity index (χ0v) is 9.68. The van der Waals surface area contributed by atoms with Gasteiger partial charge in [0, 0.05) is 18.3 Å². The predicted molar refractivity (Wildman–Crippen MR) is 60.5 cm³/mol. The lowest BCUT2D eigenvalue weighted by atomic mass is 10.1. The van der Waals surface area contributed by atoms with Gasteiger partial charge >= 0.3 is 0 Å². The Morgan fingerprint density at radius 2 is 2.19 bits per heavy atom. The van der Waals surface area contributed by atoms with E-state index in [2.05, 4.69) is 5.32 Å². The van der Waals surface area contributed by atoms with Crippen molar-refractivity contribution in [1.82, 2.24) is 0 Å². The van der Waals surface area contributed by atoms with Gasteiger partial charge in [0.25, 0.3) is 0 Å². The number of Topliss-reactive ketones (excluding diaryl/α,β-unsaturated/α-hetero) is 1. The van der Waals surface area contributed by atoms with Crippen LogP contribution in [-0.4, -0.2) is 26.8 Å². The number of carbonyl (C=O) groups is 1. The molecule has 0 aliphatic carbocycles. The summed E-state index contributed by atoms with van der Waals surface area (Å²) in [5.74, 6) is -0.969. The Labute approximate surface area is 95.1 Å². The van der Waals surface area contributed by atoms with Crippen LogP contribution >= 0.6 is 0 Å². The number of benzene rings is 1. The molecule has 1 aromatic rings. The minimum atomic E-state index is -2.23. The molecule has 0 amide bonds. The third kappa shape index (κ3) is 2.65. The second-order valence-electron chi connectivity index (χ2n) is 3.22. The van der Waals surface area contributed by atoms with Crippen LogP contribution in [0.25, 0.3) is 0 Å². The van der Waals surface area contributed by atoms with E-state index in [1.54, 1.807) is 7.05 Å². The minimum Gasteiger partial charge on any atom is -0.387 e. The first-order valence-corrected chi connectivity index (χ1v) is 5.75. The van der Waals surface area contributed by atoms with E-state index in [0.29, 0.717) is 5.69 Å². The number of hydrogen-bond donors (Lipinski definition) is 2. The Bertz CT molecular complexity index is 436. The van der Waals surface area contributed by atoms with Gasteiger partial charge in [-0.3, -0.25) is 4.79 Å². The molecule has 4 nitrogen and oxygen atoms in total. The molecular formula is C10H12FNO3S. The van der Waals surface area contributed by atoms with Gasteiger partial charge in [-0.25, -0.2) is 8.60 Å². The highest BCUT2D eigenvalue weighted by molar-refractivity contribution is 7.80. The van der Waals surface area contributed by atoms with Crippen LogP contribution in [0.1, 0.15) is 17.3 Å². The van der Waals surface area contributed by atoms with Gasteiger partial charge in [0.15, 0.2) is 16.9 Å². The molecule has 1 rings (SSSR count). The maximum atomic E-state index is 12.9. The Balaban J connectivity index is 3.13. The number of rotatable bonds is 4. The molecule has 0 aliphatic rings. The van der Waals surface area contributed by atoms with Gasteiger partial charge in [0.1, 0.15) is 11.1 Å². The Morgan fingerprint density at radius 3 is 2.69 bits per heavy atom. The van der Waals surface area contributed by atoms with Gasteiger partial charge in [-0.05, 0) is 25.1 Å². The van der Waals surface area contributed by atoms with Gasteiger partial charge in [-0.1, -0.05) is 0 Å². The van der Waals surface area contributed by atoms with E-state index in [1.807, 2.05) is 0 Å². The molecule has 0 saturated carbocycles. The molecule has 0 aromatic heterocycles. The Morgan fingerprint density at radius 1 is 1.56 bits per heavy atom. The van der Waals surface area contributed by atoms with Crippen molar-refractivity contribution in [1.29, 1.82) is 0 Å². The first kappa shape index (κ1) is 12.8. The molecule has 6 heteroatoms. The van der Waals surface area contributed by atoms with Crippen molar-refractivity contribution in [3.05, 3.63) is 29.6 Å². The average molecular weight is 245 g/mol. The molecule has 16 heavy (non-hydrogen) atoms. The molecule has 2 unspecified atom stereocenters. The molecule has 1 aromatic carbocycles. The summed E-state index contributed by atoms with van der Waals surface area (Å²) in [6.45, 7) is 1.35. The molecule has 2 atom stereocenters. The number of ketones is 1. The van der Waals surface area contributed by atoms with Crippen molar-refractivity contribution in [2.75, 3.05) is 12.4 Å².